The molecule has 6 nitrogen and oxygen atoms in total. The highest BCUT2D eigenvalue weighted by Gasteiger charge is 2.23. The molecule has 0 N–H and O–H groups in total. The zero-order chi connectivity index (χ0) is 20.1. The van der Waals surface area contributed by atoms with Crippen molar-refractivity contribution in [1.82, 2.24) is 4.40 Å². The Morgan fingerprint density at radius 2 is 1.96 bits per heavy atom. The number of rotatable bonds is 6. The molecule has 0 unspecified atom stereocenters. The van der Waals surface area contributed by atoms with Gasteiger partial charge in [-0.1, -0.05) is 17.7 Å². The van der Waals surface area contributed by atoms with Crippen molar-refractivity contribution in [1.29, 1.82) is 5.26 Å². The number of nitriles is 1. The summed E-state index contributed by atoms with van der Waals surface area (Å²) < 4.78 is 12.1. The molecule has 0 amide bonds. The van der Waals surface area contributed by atoms with Crippen LogP contribution in [0.5, 0.6) is 5.75 Å². The quantitative estimate of drug-likeness (QED) is 0.347. The van der Waals surface area contributed by atoms with E-state index in [0.29, 0.717) is 21.2 Å². The minimum atomic E-state index is -0.621. The maximum absolute atomic E-state index is 12.7. The highest BCUT2D eigenvalue weighted by atomic mass is 35.5. The molecular formula is C20H15ClN2O4S. The average molecular weight is 415 g/mol. The van der Waals surface area contributed by atoms with Gasteiger partial charge < -0.3 is 9.47 Å². The maximum atomic E-state index is 12.7. The van der Waals surface area contributed by atoms with Gasteiger partial charge in [-0.15, -0.1) is 11.8 Å². The Morgan fingerprint density at radius 3 is 2.64 bits per heavy atom. The first kappa shape index (κ1) is 19.8. The number of benzene rings is 1. The van der Waals surface area contributed by atoms with Gasteiger partial charge >= 0.3 is 5.97 Å². The number of nitrogens with zero attached hydrogens (tertiary/aromatic N) is 2. The van der Waals surface area contributed by atoms with Gasteiger partial charge in [0.15, 0.2) is 0 Å². The zero-order valence-corrected chi connectivity index (χ0v) is 16.4. The minimum Gasteiger partial charge on any atom is -0.490 e. The second-order valence-electron chi connectivity index (χ2n) is 5.59. The molecule has 0 bridgehead atoms. The predicted octanol–water partition coefficient (Wildman–Crippen LogP) is 3.78. The summed E-state index contributed by atoms with van der Waals surface area (Å²) in [5.74, 6) is -0.0158. The summed E-state index contributed by atoms with van der Waals surface area (Å²) >= 11 is 6.98. The maximum Gasteiger partial charge on any atom is 0.341 e. The van der Waals surface area contributed by atoms with Crippen molar-refractivity contribution in [3.63, 3.8) is 0 Å². The van der Waals surface area contributed by atoms with Crippen molar-refractivity contribution in [2.45, 2.75) is 4.90 Å². The largest absolute Gasteiger partial charge is 0.490 e. The third-order valence-electron chi connectivity index (χ3n) is 3.92. The lowest BCUT2D eigenvalue weighted by Gasteiger charge is -2.13. The smallest absolute Gasteiger partial charge is 0.341 e. The van der Waals surface area contributed by atoms with Gasteiger partial charge in [0, 0.05) is 16.1 Å². The summed E-state index contributed by atoms with van der Waals surface area (Å²) in [6, 6.07) is 13.7. The molecule has 2 heterocycles. The molecule has 0 atom stereocenters. The van der Waals surface area contributed by atoms with Gasteiger partial charge in [0.25, 0.3) is 5.56 Å². The normalized spacial score (nSPS) is 10.5. The molecular weight excluding hydrogens is 400 g/mol. The van der Waals surface area contributed by atoms with Crippen LogP contribution in [0.1, 0.15) is 15.9 Å². The third kappa shape index (κ3) is 3.98. The van der Waals surface area contributed by atoms with Crippen LogP contribution in [-0.4, -0.2) is 29.8 Å². The standard InChI is InChI=1S/C20H15ClN2O4S/c1-28-18-15(12-22)19(24)23-9-3-2-4-16(23)17(18)20(25)27-11-10-26-14-7-5-13(21)6-8-14/h2-9H,10-11H2,1H3. The van der Waals surface area contributed by atoms with E-state index in [1.54, 1.807) is 48.7 Å². The lowest BCUT2D eigenvalue weighted by molar-refractivity contribution is 0.0448. The monoisotopic (exact) mass is 414 g/mol. The number of hydrogen-bond donors (Lipinski definition) is 0. The molecule has 0 radical (unpaired) electrons. The highest BCUT2D eigenvalue weighted by Crippen LogP contribution is 2.27. The molecule has 2 aromatic heterocycles. The Hall–Kier alpha value is -2.95. The summed E-state index contributed by atoms with van der Waals surface area (Å²) in [5, 5.41) is 10.00. The second-order valence-corrected chi connectivity index (χ2v) is 6.85. The van der Waals surface area contributed by atoms with Gasteiger partial charge in [-0.2, -0.15) is 5.26 Å². The molecule has 0 saturated carbocycles. The molecule has 0 fully saturated rings. The second kappa shape index (κ2) is 8.83. The van der Waals surface area contributed by atoms with Crippen molar-refractivity contribution in [3.05, 3.63) is 75.2 Å². The van der Waals surface area contributed by atoms with Crippen LogP contribution in [0.3, 0.4) is 0 Å². The Kier molecular flexibility index (Phi) is 6.24. The summed E-state index contributed by atoms with van der Waals surface area (Å²) in [4.78, 5) is 25.5. The molecule has 3 aromatic rings. The van der Waals surface area contributed by atoms with E-state index in [4.69, 9.17) is 21.1 Å². The van der Waals surface area contributed by atoms with E-state index in [9.17, 15) is 14.9 Å². The Balaban J connectivity index is 1.83. The average Bonchev–Trinajstić information content (AvgIpc) is 2.72. The van der Waals surface area contributed by atoms with Gasteiger partial charge in [-0.05, 0) is 42.7 Å². The number of ether oxygens (including phenoxy) is 2. The first-order valence-corrected chi connectivity index (χ1v) is 9.84. The molecule has 142 valence electrons. The number of hydrogen-bond acceptors (Lipinski definition) is 6. The summed E-state index contributed by atoms with van der Waals surface area (Å²) in [5.41, 5.74) is 0.0286. The number of esters is 1. The Labute approximate surface area is 170 Å². The van der Waals surface area contributed by atoms with Crippen molar-refractivity contribution in [2.75, 3.05) is 19.5 Å². The third-order valence-corrected chi connectivity index (χ3v) is 4.99. The molecule has 0 spiro atoms. The van der Waals surface area contributed by atoms with E-state index >= 15 is 0 Å². The lowest BCUT2D eigenvalue weighted by atomic mass is 10.1. The number of halogens is 1. The highest BCUT2D eigenvalue weighted by molar-refractivity contribution is 7.98. The van der Waals surface area contributed by atoms with Crippen LogP contribution in [0.25, 0.3) is 5.52 Å². The van der Waals surface area contributed by atoms with Gasteiger partial charge in [-0.3, -0.25) is 9.20 Å². The van der Waals surface area contributed by atoms with E-state index in [0.717, 1.165) is 11.8 Å². The van der Waals surface area contributed by atoms with Crippen LogP contribution in [0.4, 0.5) is 0 Å². The SMILES string of the molecule is CSc1c(C#N)c(=O)n2ccccc2c1C(=O)OCCOc1ccc(Cl)cc1. The molecule has 28 heavy (non-hydrogen) atoms. The van der Waals surface area contributed by atoms with E-state index < -0.39 is 11.5 Å². The van der Waals surface area contributed by atoms with Gasteiger partial charge in [-0.25, -0.2) is 4.79 Å². The van der Waals surface area contributed by atoms with E-state index in [2.05, 4.69) is 0 Å². The van der Waals surface area contributed by atoms with Crippen LogP contribution < -0.4 is 10.3 Å². The van der Waals surface area contributed by atoms with Gasteiger partial charge in [0.2, 0.25) is 0 Å². The Morgan fingerprint density at radius 1 is 1.21 bits per heavy atom. The number of fused-ring (bicyclic) bond motifs is 1. The topological polar surface area (TPSA) is 80.8 Å². The minimum absolute atomic E-state index is 0.00921. The number of thioether (sulfide) groups is 1. The number of pyridine rings is 2. The number of aromatic nitrogens is 1. The van der Waals surface area contributed by atoms with Crippen molar-refractivity contribution in [2.24, 2.45) is 0 Å². The molecule has 0 aliphatic carbocycles. The fourth-order valence-corrected chi connectivity index (χ4v) is 3.53. The first-order chi connectivity index (χ1) is 13.6. The molecule has 0 aliphatic rings. The van der Waals surface area contributed by atoms with Gasteiger partial charge in [0.05, 0.1) is 11.1 Å². The van der Waals surface area contributed by atoms with E-state index in [1.165, 1.54) is 10.6 Å². The molecule has 0 saturated heterocycles. The Bertz CT molecular complexity index is 1120. The molecule has 3 rings (SSSR count). The lowest BCUT2D eigenvalue weighted by Crippen LogP contribution is -2.23. The van der Waals surface area contributed by atoms with E-state index in [1.807, 2.05) is 6.07 Å². The van der Waals surface area contributed by atoms with Gasteiger partial charge in [0.1, 0.15) is 30.6 Å². The fourth-order valence-electron chi connectivity index (χ4n) is 2.68. The van der Waals surface area contributed by atoms with Crippen LogP contribution in [0, 0.1) is 11.3 Å². The summed E-state index contributed by atoms with van der Waals surface area (Å²) in [7, 11) is 0. The van der Waals surface area contributed by atoms with Crippen molar-refractivity contribution < 1.29 is 14.3 Å². The molecule has 8 heteroatoms. The predicted molar refractivity (Wildman–Crippen MR) is 107 cm³/mol. The zero-order valence-electron chi connectivity index (χ0n) is 14.8. The van der Waals surface area contributed by atoms with Crippen LogP contribution in [0.15, 0.2) is 58.4 Å². The first-order valence-electron chi connectivity index (χ1n) is 8.23. The molecule has 0 aliphatic heterocycles. The van der Waals surface area contributed by atoms with Crippen LogP contribution in [0.2, 0.25) is 5.02 Å². The number of carbonyl (C=O) groups excluding carboxylic acids is 1. The van der Waals surface area contributed by atoms with Crippen molar-refractivity contribution in [3.8, 4) is 11.8 Å². The summed E-state index contributed by atoms with van der Waals surface area (Å²) in [6.07, 6.45) is 3.22. The van der Waals surface area contributed by atoms with Crippen molar-refractivity contribution >= 4 is 34.8 Å². The molecule has 1 aromatic carbocycles. The van der Waals surface area contributed by atoms with E-state index in [-0.39, 0.29) is 24.3 Å². The van der Waals surface area contributed by atoms with Crippen LogP contribution in [-0.2, 0) is 4.74 Å². The summed E-state index contributed by atoms with van der Waals surface area (Å²) in [6.45, 7) is 0.160. The fraction of sp³-hybridized carbons (Fsp3) is 0.150. The van der Waals surface area contributed by atoms with Crippen LogP contribution >= 0.6 is 23.4 Å². The number of carbonyl (C=O) groups is 1.